The quantitative estimate of drug-likeness (QED) is 0.570. The smallest absolute Gasteiger partial charge is 0.231 e. The van der Waals surface area contributed by atoms with Crippen LogP contribution in [0.25, 0.3) is 11.1 Å². The number of hydrogen-bond acceptors (Lipinski definition) is 6. The minimum Gasteiger partial charge on any atom is -0.492 e. The van der Waals surface area contributed by atoms with Crippen molar-refractivity contribution in [3.8, 4) is 28.4 Å². The molecule has 6 nitrogen and oxygen atoms in total. The van der Waals surface area contributed by atoms with Gasteiger partial charge in [0.2, 0.25) is 12.5 Å². The summed E-state index contributed by atoms with van der Waals surface area (Å²) in [7, 11) is 3.68. The van der Waals surface area contributed by atoms with Crippen molar-refractivity contribution in [2.45, 2.75) is 44.8 Å². The second-order valence-corrected chi connectivity index (χ2v) is 7.95. The van der Waals surface area contributed by atoms with Crippen LogP contribution in [-0.4, -0.2) is 47.0 Å². The van der Waals surface area contributed by atoms with Gasteiger partial charge in [-0.1, -0.05) is 24.3 Å². The van der Waals surface area contributed by atoms with E-state index in [1.807, 2.05) is 7.05 Å². The Kier molecular flexibility index (Phi) is 7.67. The van der Waals surface area contributed by atoms with Crippen LogP contribution in [0.4, 0.5) is 0 Å². The maximum absolute atomic E-state index is 6.01. The molecule has 168 valence electrons. The number of benzene rings is 2. The van der Waals surface area contributed by atoms with E-state index in [9.17, 15) is 0 Å². The highest BCUT2D eigenvalue weighted by Gasteiger charge is 2.26. The number of nitrogens with one attached hydrogen (secondary N) is 1. The molecule has 2 aromatic carbocycles. The Balaban J connectivity index is 1.62. The molecule has 31 heavy (non-hydrogen) atoms. The van der Waals surface area contributed by atoms with Gasteiger partial charge in [0.1, 0.15) is 0 Å². The highest BCUT2D eigenvalue weighted by Crippen LogP contribution is 2.48. The van der Waals surface area contributed by atoms with Gasteiger partial charge in [0.15, 0.2) is 17.8 Å². The van der Waals surface area contributed by atoms with E-state index in [1.165, 1.54) is 17.5 Å². The summed E-state index contributed by atoms with van der Waals surface area (Å²) in [5, 5.41) is 3.23. The summed E-state index contributed by atoms with van der Waals surface area (Å²) in [6.45, 7) is 2.60. The Morgan fingerprint density at radius 1 is 1.10 bits per heavy atom. The topological polar surface area (TPSA) is 58.2 Å². The summed E-state index contributed by atoms with van der Waals surface area (Å²) < 4.78 is 29.0. The van der Waals surface area contributed by atoms with Crippen molar-refractivity contribution in [2.24, 2.45) is 0 Å². The van der Waals surface area contributed by atoms with E-state index in [4.69, 9.17) is 23.7 Å². The molecule has 4 rings (SSSR count). The summed E-state index contributed by atoms with van der Waals surface area (Å²) >= 11 is 0. The molecular weight excluding hydrogens is 394 g/mol. The first-order valence-electron chi connectivity index (χ1n) is 11.3. The summed E-state index contributed by atoms with van der Waals surface area (Å²) in [5.74, 6) is 2.23. The molecule has 1 fully saturated rings. The van der Waals surface area contributed by atoms with E-state index in [2.05, 4.69) is 35.6 Å². The first-order valence-corrected chi connectivity index (χ1v) is 11.3. The van der Waals surface area contributed by atoms with Crippen LogP contribution in [0.3, 0.4) is 0 Å². The highest BCUT2D eigenvalue weighted by molar-refractivity contribution is 5.78. The molecule has 6 heteroatoms. The zero-order valence-corrected chi connectivity index (χ0v) is 18.6. The molecule has 0 amide bonds. The van der Waals surface area contributed by atoms with E-state index in [0.29, 0.717) is 12.4 Å². The average Bonchev–Trinajstić information content (AvgIpc) is 3.28. The van der Waals surface area contributed by atoms with E-state index in [1.54, 1.807) is 7.11 Å². The van der Waals surface area contributed by atoms with Gasteiger partial charge in [0, 0.05) is 12.2 Å². The van der Waals surface area contributed by atoms with Crippen molar-refractivity contribution in [3.05, 3.63) is 41.5 Å². The number of rotatable bonds is 10. The molecule has 1 N–H and O–H groups in total. The lowest BCUT2D eigenvalue weighted by molar-refractivity contribution is -0.161. The van der Waals surface area contributed by atoms with Gasteiger partial charge in [-0.05, 0) is 74.9 Å². The second-order valence-electron chi connectivity index (χ2n) is 7.95. The van der Waals surface area contributed by atoms with Gasteiger partial charge < -0.3 is 29.0 Å². The Morgan fingerprint density at radius 3 is 2.81 bits per heavy atom. The monoisotopic (exact) mass is 427 g/mol. The fourth-order valence-electron chi connectivity index (χ4n) is 4.34. The molecule has 2 aliphatic heterocycles. The Bertz CT molecular complexity index is 863. The molecule has 0 aromatic heterocycles. The van der Waals surface area contributed by atoms with Gasteiger partial charge in [-0.25, -0.2) is 0 Å². The van der Waals surface area contributed by atoms with Crippen LogP contribution in [0, 0.1) is 0 Å². The normalized spacial score (nSPS) is 17.7. The maximum atomic E-state index is 6.01. The van der Waals surface area contributed by atoms with Gasteiger partial charge in [-0.2, -0.15) is 0 Å². The van der Waals surface area contributed by atoms with Crippen molar-refractivity contribution in [1.29, 1.82) is 0 Å². The van der Waals surface area contributed by atoms with Crippen LogP contribution >= 0.6 is 0 Å². The molecule has 0 saturated carbocycles. The van der Waals surface area contributed by atoms with Gasteiger partial charge >= 0.3 is 0 Å². The van der Waals surface area contributed by atoms with Crippen molar-refractivity contribution >= 4 is 0 Å². The largest absolute Gasteiger partial charge is 0.492 e. The fourth-order valence-corrected chi connectivity index (χ4v) is 4.34. The minimum atomic E-state index is -0.0661. The number of hydrogen-bond donors (Lipinski definition) is 1. The minimum absolute atomic E-state index is 0.0661. The molecule has 2 aliphatic rings. The first kappa shape index (κ1) is 21.9. The summed E-state index contributed by atoms with van der Waals surface area (Å²) in [6.07, 6.45) is 5.93. The van der Waals surface area contributed by atoms with Crippen molar-refractivity contribution < 1.29 is 23.7 Å². The summed E-state index contributed by atoms with van der Waals surface area (Å²) in [5.41, 5.74) is 4.73. The van der Waals surface area contributed by atoms with Crippen molar-refractivity contribution in [1.82, 2.24) is 5.32 Å². The predicted octanol–water partition coefficient (Wildman–Crippen LogP) is 4.33. The zero-order chi connectivity index (χ0) is 21.5. The Hall–Kier alpha value is -2.28. The standard InChI is InChI=1S/C25H33NO5/c1-26-13-7-10-20-21(16-22-25(24(20)27-2)31-17-30-22)19-9-4-3-8-18(19)12-15-29-23-11-5-6-14-28-23/h3-4,8-9,16,23,26H,5-7,10-15,17H2,1-2H3. The van der Waals surface area contributed by atoms with Crippen LogP contribution in [0.1, 0.15) is 36.8 Å². The first-order chi connectivity index (χ1) is 15.3. The van der Waals surface area contributed by atoms with E-state index < -0.39 is 0 Å². The molecule has 1 atom stereocenters. The second kappa shape index (κ2) is 10.8. The lowest BCUT2D eigenvalue weighted by Gasteiger charge is -2.23. The molecule has 2 heterocycles. The zero-order valence-electron chi connectivity index (χ0n) is 18.6. The van der Waals surface area contributed by atoms with Gasteiger partial charge in [-0.15, -0.1) is 0 Å². The molecule has 0 bridgehead atoms. The highest BCUT2D eigenvalue weighted by atomic mass is 16.7. The Morgan fingerprint density at radius 2 is 2.00 bits per heavy atom. The van der Waals surface area contributed by atoms with E-state index in [-0.39, 0.29) is 13.1 Å². The molecule has 1 saturated heterocycles. The number of fused-ring (bicyclic) bond motifs is 1. The van der Waals surface area contributed by atoms with Gasteiger partial charge in [-0.3, -0.25) is 0 Å². The lowest BCUT2D eigenvalue weighted by atomic mass is 9.91. The third kappa shape index (κ3) is 5.14. The van der Waals surface area contributed by atoms with Crippen LogP contribution < -0.4 is 19.5 Å². The molecule has 2 aromatic rings. The van der Waals surface area contributed by atoms with Crippen LogP contribution in [0.2, 0.25) is 0 Å². The average molecular weight is 428 g/mol. The van der Waals surface area contributed by atoms with Crippen molar-refractivity contribution in [2.75, 3.05) is 40.7 Å². The summed E-state index contributed by atoms with van der Waals surface area (Å²) in [6, 6.07) is 10.6. The fraction of sp³-hybridized carbons (Fsp3) is 0.520. The summed E-state index contributed by atoms with van der Waals surface area (Å²) in [4.78, 5) is 0. The lowest BCUT2D eigenvalue weighted by Crippen LogP contribution is -2.23. The molecular formula is C25H33NO5. The number of ether oxygens (including phenoxy) is 5. The Labute approximate surface area is 184 Å². The van der Waals surface area contributed by atoms with Crippen LogP contribution in [-0.2, 0) is 22.3 Å². The van der Waals surface area contributed by atoms with Gasteiger partial charge in [0.25, 0.3) is 0 Å². The third-order valence-electron chi connectivity index (χ3n) is 5.90. The number of methoxy groups -OCH3 is 1. The molecule has 0 aliphatic carbocycles. The van der Waals surface area contributed by atoms with E-state index in [0.717, 1.165) is 67.9 Å². The van der Waals surface area contributed by atoms with Crippen molar-refractivity contribution in [3.63, 3.8) is 0 Å². The SMILES string of the molecule is CNCCCc1c(-c2ccccc2CCOC2CCCCO2)cc2c(c1OC)OCO2. The molecule has 0 radical (unpaired) electrons. The van der Waals surface area contributed by atoms with Crippen LogP contribution in [0.15, 0.2) is 30.3 Å². The third-order valence-corrected chi connectivity index (χ3v) is 5.90. The predicted molar refractivity (Wildman–Crippen MR) is 120 cm³/mol. The maximum Gasteiger partial charge on any atom is 0.231 e. The van der Waals surface area contributed by atoms with E-state index >= 15 is 0 Å². The van der Waals surface area contributed by atoms with Crippen LogP contribution in [0.5, 0.6) is 17.2 Å². The molecule has 1 unspecified atom stereocenters. The van der Waals surface area contributed by atoms with Gasteiger partial charge in [0.05, 0.1) is 13.7 Å². The molecule has 0 spiro atoms.